The zero-order valence-corrected chi connectivity index (χ0v) is 45.2. The van der Waals surface area contributed by atoms with Gasteiger partial charge in [-0.15, -0.1) is 0 Å². The fourth-order valence-electron chi connectivity index (χ4n) is 12.4. The van der Waals surface area contributed by atoms with Gasteiger partial charge in [-0.1, -0.05) is 231 Å². The summed E-state index contributed by atoms with van der Waals surface area (Å²) in [5.74, 6) is 0.691. The predicted molar refractivity (Wildman–Crippen MR) is 339 cm³/mol. The number of pyridine rings is 1. The van der Waals surface area contributed by atoms with E-state index in [2.05, 4.69) is 260 Å². The van der Waals surface area contributed by atoms with Crippen LogP contribution in [0.15, 0.2) is 304 Å². The third kappa shape index (κ3) is 8.73. The number of fused-ring (bicyclic) bond motifs is 5. The number of rotatable bonds is 12. The number of hydrogen-bond acceptors (Lipinski definition) is 4. The minimum Gasteiger partial charge on any atom is -0.405 e. The van der Waals surface area contributed by atoms with E-state index < -0.39 is 5.41 Å². The first-order valence-electron chi connectivity index (χ1n) is 27.9. The Hall–Kier alpha value is -10.8. The number of benzene rings is 10. The van der Waals surface area contributed by atoms with Crippen LogP contribution in [0, 0.1) is 0 Å². The van der Waals surface area contributed by atoms with Crippen LogP contribution >= 0.6 is 0 Å². The molecular weight excluding hydrogens is 995 g/mol. The molecule has 10 aromatic carbocycles. The lowest BCUT2D eigenvalue weighted by molar-refractivity contribution is 0.775. The number of allylic oxidation sites excluding steroid dienone is 3. The van der Waals surface area contributed by atoms with E-state index in [0.29, 0.717) is 5.82 Å². The second kappa shape index (κ2) is 21.1. The average Bonchev–Trinajstić information content (AvgIpc) is 2.25. The molecule has 0 unspecified atom stereocenters. The van der Waals surface area contributed by atoms with E-state index in [-0.39, 0.29) is 0 Å². The molecule has 0 spiro atoms. The highest BCUT2D eigenvalue weighted by Gasteiger charge is 2.48. The quantitative estimate of drug-likeness (QED) is 0.124. The molecule has 13 aromatic rings. The maximum atomic E-state index is 5.90. The van der Waals surface area contributed by atoms with E-state index >= 15 is 0 Å². The van der Waals surface area contributed by atoms with Crippen molar-refractivity contribution < 1.29 is 0 Å². The first-order valence-corrected chi connectivity index (χ1v) is 27.9. The average molecular weight is 1050 g/mol. The Kier molecular flexibility index (Phi) is 12.8. The van der Waals surface area contributed by atoms with Gasteiger partial charge in [-0.25, -0.2) is 9.97 Å². The van der Waals surface area contributed by atoms with Gasteiger partial charge in [0.1, 0.15) is 0 Å². The molecule has 5 heteroatoms. The van der Waals surface area contributed by atoms with E-state index in [1.165, 1.54) is 49.9 Å². The fourth-order valence-corrected chi connectivity index (χ4v) is 12.4. The first kappa shape index (κ1) is 49.5. The largest absolute Gasteiger partial charge is 0.405 e. The van der Waals surface area contributed by atoms with Crippen molar-refractivity contribution in [2.24, 2.45) is 5.73 Å². The highest BCUT2D eigenvalue weighted by atomic mass is 15.0. The molecule has 388 valence electrons. The van der Waals surface area contributed by atoms with Crippen molar-refractivity contribution in [2.45, 2.75) is 12.3 Å². The van der Waals surface area contributed by atoms with Gasteiger partial charge < -0.3 is 10.3 Å². The lowest BCUT2D eigenvalue weighted by atomic mass is 9.66. The van der Waals surface area contributed by atoms with Gasteiger partial charge in [-0.2, -0.15) is 0 Å². The molecule has 5 nitrogen and oxygen atoms in total. The smallest absolute Gasteiger partial charge is 0.160 e. The normalized spacial score (nSPS) is 12.6. The predicted octanol–water partition coefficient (Wildman–Crippen LogP) is 18.7. The summed E-state index contributed by atoms with van der Waals surface area (Å²) in [4.78, 5) is 15.0. The third-order valence-electron chi connectivity index (χ3n) is 16.3. The number of hydrogen-bond donors (Lipinski definition) is 1. The molecule has 1 aliphatic carbocycles. The molecule has 0 bridgehead atoms. The number of nitrogens with zero attached hydrogens (tertiary/aromatic N) is 4. The molecule has 3 aromatic heterocycles. The van der Waals surface area contributed by atoms with Crippen molar-refractivity contribution in [3.05, 3.63) is 332 Å². The van der Waals surface area contributed by atoms with E-state index in [1.54, 1.807) is 6.20 Å². The van der Waals surface area contributed by atoms with Gasteiger partial charge in [-0.3, -0.25) is 4.98 Å². The van der Waals surface area contributed by atoms with Crippen molar-refractivity contribution >= 4 is 16.5 Å². The van der Waals surface area contributed by atoms with Crippen LogP contribution in [0.25, 0.3) is 112 Å². The SMILES string of the molecule is C/C=C(\C=C/N)c1cccc(-c2ccc3c(c2)-c2ccc4c(c(-c5cccnc5)cn4-c4ccc(-c5ccc(-c6cc(-c7ccc(-c8ccccc8)cc7)nc(-c7ccccc7)n6)cc5)cc4)c2C3(c2ccccc2)c2ccccc2)c1. The number of nitrogens with two attached hydrogens (primary N) is 1. The molecule has 2 N–H and O–H groups in total. The molecule has 3 heterocycles. The van der Waals surface area contributed by atoms with Gasteiger partial charge in [0.05, 0.1) is 22.3 Å². The van der Waals surface area contributed by atoms with Crippen molar-refractivity contribution in [1.82, 2.24) is 19.5 Å². The lowest BCUT2D eigenvalue weighted by Crippen LogP contribution is -2.28. The summed E-state index contributed by atoms with van der Waals surface area (Å²) in [7, 11) is 0. The second-order valence-corrected chi connectivity index (χ2v) is 20.9. The second-order valence-electron chi connectivity index (χ2n) is 20.9. The van der Waals surface area contributed by atoms with Crippen LogP contribution in [-0.4, -0.2) is 19.5 Å². The van der Waals surface area contributed by atoms with Gasteiger partial charge in [0, 0.05) is 57.5 Å². The Morgan fingerprint density at radius 3 is 1.55 bits per heavy atom. The zero-order valence-electron chi connectivity index (χ0n) is 45.2. The molecule has 0 saturated heterocycles. The van der Waals surface area contributed by atoms with E-state index in [9.17, 15) is 0 Å². The van der Waals surface area contributed by atoms with Gasteiger partial charge in [-0.05, 0) is 140 Å². The van der Waals surface area contributed by atoms with Crippen molar-refractivity contribution in [3.63, 3.8) is 0 Å². The number of aromatic nitrogens is 4. The van der Waals surface area contributed by atoms with Crippen LogP contribution in [0.5, 0.6) is 0 Å². The molecule has 1 aliphatic rings. The van der Waals surface area contributed by atoms with Gasteiger partial charge in [0.15, 0.2) is 5.82 Å². The van der Waals surface area contributed by atoms with Crippen LogP contribution in [-0.2, 0) is 5.41 Å². The van der Waals surface area contributed by atoms with E-state index in [1.807, 2.05) is 48.8 Å². The minimum absolute atomic E-state index is 0.666. The third-order valence-corrected chi connectivity index (χ3v) is 16.3. The molecule has 0 amide bonds. The molecule has 0 atom stereocenters. The molecule has 0 radical (unpaired) electrons. The summed E-state index contributed by atoms with van der Waals surface area (Å²) >= 11 is 0. The lowest BCUT2D eigenvalue weighted by Gasteiger charge is -2.34. The van der Waals surface area contributed by atoms with Gasteiger partial charge >= 0.3 is 0 Å². The molecule has 0 aliphatic heterocycles. The Morgan fingerprint density at radius 1 is 0.439 bits per heavy atom. The van der Waals surface area contributed by atoms with Gasteiger partial charge in [0.25, 0.3) is 0 Å². The summed E-state index contributed by atoms with van der Waals surface area (Å²) in [6, 6.07) is 96.0. The van der Waals surface area contributed by atoms with E-state index in [4.69, 9.17) is 20.7 Å². The Labute approximate surface area is 478 Å². The van der Waals surface area contributed by atoms with Crippen LogP contribution in [0.4, 0.5) is 0 Å². The zero-order chi connectivity index (χ0) is 55.0. The summed E-state index contributed by atoms with van der Waals surface area (Å²) in [6.07, 6.45) is 11.8. The van der Waals surface area contributed by atoms with Crippen LogP contribution in [0.3, 0.4) is 0 Å². The first-order chi connectivity index (χ1) is 40.5. The van der Waals surface area contributed by atoms with Crippen molar-refractivity contribution in [2.75, 3.05) is 0 Å². The molecular formula is C77H55N5. The molecule has 0 saturated carbocycles. The van der Waals surface area contributed by atoms with Crippen LogP contribution < -0.4 is 5.73 Å². The monoisotopic (exact) mass is 1050 g/mol. The summed E-state index contributed by atoms with van der Waals surface area (Å²) in [6.45, 7) is 2.05. The Morgan fingerprint density at radius 2 is 0.963 bits per heavy atom. The van der Waals surface area contributed by atoms with Crippen molar-refractivity contribution in [1.29, 1.82) is 0 Å². The molecule has 14 rings (SSSR count). The van der Waals surface area contributed by atoms with E-state index in [0.717, 1.165) is 83.8 Å². The molecule has 0 fully saturated rings. The Bertz CT molecular complexity index is 4470. The maximum Gasteiger partial charge on any atom is 0.160 e. The topological polar surface area (TPSA) is 69.6 Å². The van der Waals surface area contributed by atoms with Gasteiger partial charge in [0.2, 0.25) is 0 Å². The summed E-state index contributed by atoms with van der Waals surface area (Å²) in [5.41, 5.74) is 30.8. The van der Waals surface area contributed by atoms with Crippen LogP contribution in [0.1, 0.15) is 34.7 Å². The summed E-state index contributed by atoms with van der Waals surface area (Å²) < 4.78 is 2.37. The Balaban J connectivity index is 0.875. The minimum atomic E-state index is -0.666. The summed E-state index contributed by atoms with van der Waals surface area (Å²) in [5, 5.41) is 1.19. The highest BCUT2D eigenvalue weighted by Crippen LogP contribution is 2.60. The van der Waals surface area contributed by atoms with Crippen LogP contribution in [0.2, 0.25) is 0 Å². The standard InChI is InChI=1S/C77H55N5/c1-2-52(44-45-78)60-21-15-22-61(47-60)62-38-42-70-68(48-62)67-41-43-73-74(75(67)77(70,64-24-11-5-12-25-64)65-26-13-6-14-27-65)69(63-23-16-46-79-50-63)51-82(73)66-39-36-56(37-40-66)55-30-34-58(35-31-55)72-49-71(80-76(81-72)59-19-9-4-10-20-59)57-32-28-54(29-33-57)53-17-7-3-8-18-53/h2-51H,78H2,1H3/b45-44-,52-2+. The van der Waals surface area contributed by atoms with Crippen molar-refractivity contribution in [3.8, 4) is 95.2 Å². The maximum absolute atomic E-state index is 5.90. The molecule has 82 heavy (non-hydrogen) atoms. The fraction of sp³-hybridized carbons (Fsp3) is 0.0260. The highest BCUT2D eigenvalue weighted by molar-refractivity contribution is 6.08.